The molecule has 0 saturated heterocycles. The van der Waals surface area contributed by atoms with Crippen LogP contribution in [-0.4, -0.2) is 26.5 Å². The van der Waals surface area contributed by atoms with E-state index in [1.807, 2.05) is 30.7 Å². The van der Waals surface area contributed by atoms with Gasteiger partial charge in [-0.05, 0) is 32.0 Å². The van der Waals surface area contributed by atoms with Gasteiger partial charge in [0.15, 0.2) is 5.65 Å². The minimum atomic E-state index is 0.0667. The van der Waals surface area contributed by atoms with Gasteiger partial charge < -0.3 is 16.2 Å². The Morgan fingerprint density at radius 2 is 2.00 bits per heavy atom. The molecule has 120 valence electrons. The minimum Gasteiger partial charge on any atom is -0.476 e. The van der Waals surface area contributed by atoms with Crippen molar-refractivity contribution in [1.82, 2.24) is 19.7 Å². The van der Waals surface area contributed by atoms with Gasteiger partial charge in [0, 0.05) is 11.6 Å². The fraction of sp³-hybridized carbons (Fsp3) is 0.267. The Labute approximate surface area is 133 Å². The Balaban J connectivity index is 2.26. The standard InChI is InChI=1S/C15H19N7O/c1-8(2)22-13(12-14(18)19-7-20-15(12)21-22)9-3-4-11(23-6-16)10(17)5-9/h3-5,7-8H,6,16-17H2,1-2H3,(H2,18,19,20,21). The third kappa shape index (κ3) is 2.53. The van der Waals surface area contributed by atoms with E-state index in [4.69, 9.17) is 21.9 Å². The van der Waals surface area contributed by atoms with Gasteiger partial charge >= 0.3 is 0 Å². The van der Waals surface area contributed by atoms with Crippen molar-refractivity contribution in [1.29, 1.82) is 0 Å². The molecule has 0 amide bonds. The Bertz CT molecular complexity index is 856. The van der Waals surface area contributed by atoms with Gasteiger partial charge in [0.2, 0.25) is 0 Å². The zero-order chi connectivity index (χ0) is 16.6. The summed E-state index contributed by atoms with van der Waals surface area (Å²) in [4.78, 5) is 8.28. The number of hydrogen-bond donors (Lipinski definition) is 3. The lowest BCUT2D eigenvalue weighted by Gasteiger charge is -2.13. The minimum absolute atomic E-state index is 0.0667. The van der Waals surface area contributed by atoms with E-state index < -0.39 is 0 Å². The highest BCUT2D eigenvalue weighted by Gasteiger charge is 2.19. The van der Waals surface area contributed by atoms with E-state index in [1.54, 1.807) is 6.07 Å². The van der Waals surface area contributed by atoms with E-state index in [9.17, 15) is 0 Å². The Hall–Kier alpha value is -2.87. The molecule has 2 aromatic heterocycles. The fourth-order valence-electron chi connectivity index (χ4n) is 2.53. The molecule has 0 spiro atoms. The lowest BCUT2D eigenvalue weighted by molar-refractivity contribution is 0.331. The molecule has 2 heterocycles. The Morgan fingerprint density at radius 3 is 2.65 bits per heavy atom. The Kier molecular flexibility index (Phi) is 3.75. The first-order valence-electron chi connectivity index (χ1n) is 7.24. The number of nitrogen functional groups attached to an aromatic ring is 2. The van der Waals surface area contributed by atoms with Gasteiger partial charge in [-0.15, -0.1) is 0 Å². The van der Waals surface area contributed by atoms with Crippen molar-refractivity contribution in [3.8, 4) is 17.0 Å². The molecule has 1 aromatic carbocycles. The largest absolute Gasteiger partial charge is 0.476 e. The van der Waals surface area contributed by atoms with Crippen molar-refractivity contribution in [3.05, 3.63) is 24.5 Å². The molecule has 0 aliphatic carbocycles. The molecular formula is C15H19N7O. The first kappa shape index (κ1) is 15.0. The van der Waals surface area contributed by atoms with Gasteiger partial charge in [-0.2, -0.15) is 5.10 Å². The van der Waals surface area contributed by atoms with E-state index in [-0.39, 0.29) is 12.8 Å². The van der Waals surface area contributed by atoms with Gasteiger partial charge in [0.25, 0.3) is 0 Å². The highest BCUT2D eigenvalue weighted by Crippen LogP contribution is 2.35. The molecule has 8 nitrogen and oxygen atoms in total. The molecule has 3 aromatic rings. The van der Waals surface area contributed by atoms with Crippen LogP contribution < -0.4 is 21.9 Å². The van der Waals surface area contributed by atoms with Crippen LogP contribution in [0.4, 0.5) is 11.5 Å². The van der Waals surface area contributed by atoms with Gasteiger partial charge in [0.1, 0.15) is 24.6 Å². The quantitative estimate of drug-likeness (QED) is 0.491. The number of anilines is 2. The van der Waals surface area contributed by atoms with Crippen molar-refractivity contribution in [2.75, 3.05) is 18.2 Å². The van der Waals surface area contributed by atoms with Gasteiger partial charge in [0.05, 0.1) is 16.8 Å². The summed E-state index contributed by atoms with van der Waals surface area (Å²) in [6.07, 6.45) is 1.41. The zero-order valence-electron chi connectivity index (χ0n) is 13.0. The summed E-state index contributed by atoms with van der Waals surface area (Å²) in [7, 11) is 0. The average molecular weight is 313 g/mol. The second-order valence-electron chi connectivity index (χ2n) is 5.41. The molecule has 0 radical (unpaired) electrons. The molecule has 0 aliphatic heterocycles. The average Bonchev–Trinajstić information content (AvgIpc) is 2.91. The van der Waals surface area contributed by atoms with E-state index in [0.29, 0.717) is 28.3 Å². The van der Waals surface area contributed by atoms with Crippen LogP contribution >= 0.6 is 0 Å². The van der Waals surface area contributed by atoms with Crippen LogP contribution in [0.25, 0.3) is 22.3 Å². The lowest BCUT2D eigenvalue weighted by atomic mass is 10.1. The van der Waals surface area contributed by atoms with Crippen molar-refractivity contribution >= 4 is 22.5 Å². The number of rotatable bonds is 4. The molecule has 0 aliphatic rings. The molecule has 0 unspecified atom stereocenters. The van der Waals surface area contributed by atoms with Crippen molar-refractivity contribution in [2.24, 2.45) is 5.73 Å². The smallest absolute Gasteiger partial charge is 0.187 e. The SMILES string of the molecule is CC(C)n1nc2ncnc(N)c2c1-c1ccc(OCN)c(N)c1. The first-order chi connectivity index (χ1) is 11.0. The van der Waals surface area contributed by atoms with Crippen LogP contribution in [0.1, 0.15) is 19.9 Å². The summed E-state index contributed by atoms with van der Waals surface area (Å²) >= 11 is 0. The number of benzene rings is 1. The van der Waals surface area contributed by atoms with E-state index in [0.717, 1.165) is 11.3 Å². The van der Waals surface area contributed by atoms with Gasteiger partial charge in [-0.1, -0.05) is 0 Å². The summed E-state index contributed by atoms with van der Waals surface area (Å²) in [6, 6.07) is 5.61. The molecule has 0 bridgehead atoms. The molecule has 8 heteroatoms. The summed E-state index contributed by atoms with van der Waals surface area (Å²) in [5, 5.41) is 5.25. The van der Waals surface area contributed by atoms with Crippen LogP contribution in [-0.2, 0) is 0 Å². The summed E-state index contributed by atoms with van der Waals surface area (Å²) < 4.78 is 7.15. The summed E-state index contributed by atoms with van der Waals surface area (Å²) in [6.45, 7) is 4.14. The number of fused-ring (bicyclic) bond motifs is 1. The van der Waals surface area contributed by atoms with Crippen LogP contribution in [0.2, 0.25) is 0 Å². The third-order valence-electron chi connectivity index (χ3n) is 3.54. The summed E-state index contributed by atoms with van der Waals surface area (Å²) in [5.74, 6) is 0.929. The number of ether oxygens (including phenoxy) is 1. The maximum absolute atomic E-state index is 6.05. The highest BCUT2D eigenvalue weighted by molar-refractivity contribution is 5.98. The number of hydrogen-bond acceptors (Lipinski definition) is 7. The van der Waals surface area contributed by atoms with E-state index >= 15 is 0 Å². The van der Waals surface area contributed by atoms with Crippen LogP contribution in [0, 0.1) is 0 Å². The van der Waals surface area contributed by atoms with E-state index in [2.05, 4.69) is 15.1 Å². The van der Waals surface area contributed by atoms with Gasteiger partial charge in [-0.3, -0.25) is 10.4 Å². The molecule has 23 heavy (non-hydrogen) atoms. The molecule has 6 N–H and O–H groups in total. The Morgan fingerprint density at radius 1 is 1.22 bits per heavy atom. The van der Waals surface area contributed by atoms with E-state index in [1.165, 1.54) is 6.33 Å². The predicted molar refractivity (Wildman–Crippen MR) is 89.7 cm³/mol. The third-order valence-corrected chi connectivity index (χ3v) is 3.54. The molecular weight excluding hydrogens is 294 g/mol. The molecule has 0 atom stereocenters. The van der Waals surface area contributed by atoms with Crippen molar-refractivity contribution in [2.45, 2.75) is 19.9 Å². The summed E-state index contributed by atoms with van der Waals surface area (Å²) in [5.41, 5.74) is 20.2. The lowest BCUT2D eigenvalue weighted by Crippen LogP contribution is -2.09. The maximum Gasteiger partial charge on any atom is 0.187 e. The molecule has 3 rings (SSSR count). The predicted octanol–water partition coefficient (Wildman–Crippen LogP) is 1.53. The normalized spacial score (nSPS) is 11.3. The zero-order valence-corrected chi connectivity index (χ0v) is 13.0. The second kappa shape index (κ2) is 5.73. The number of nitrogens with two attached hydrogens (primary N) is 3. The topological polar surface area (TPSA) is 131 Å². The molecule has 0 saturated carbocycles. The van der Waals surface area contributed by atoms with Crippen LogP contribution in [0.5, 0.6) is 5.75 Å². The second-order valence-corrected chi connectivity index (χ2v) is 5.41. The van der Waals surface area contributed by atoms with Gasteiger partial charge in [-0.25, -0.2) is 9.97 Å². The monoisotopic (exact) mass is 313 g/mol. The van der Waals surface area contributed by atoms with Crippen LogP contribution in [0.3, 0.4) is 0 Å². The number of nitrogens with zero attached hydrogens (tertiary/aromatic N) is 4. The molecule has 0 fully saturated rings. The number of aromatic nitrogens is 4. The first-order valence-corrected chi connectivity index (χ1v) is 7.24. The van der Waals surface area contributed by atoms with Crippen molar-refractivity contribution < 1.29 is 4.74 Å². The highest BCUT2D eigenvalue weighted by atomic mass is 16.5. The fourth-order valence-corrected chi connectivity index (χ4v) is 2.53. The maximum atomic E-state index is 6.05. The van der Waals surface area contributed by atoms with Crippen LogP contribution in [0.15, 0.2) is 24.5 Å². The van der Waals surface area contributed by atoms with Crippen molar-refractivity contribution in [3.63, 3.8) is 0 Å².